The lowest BCUT2D eigenvalue weighted by Crippen LogP contribution is -2.34. The molecule has 0 rings (SSSR count). The van der Waals surface area contributed by atoms with Crippen molar-refractivity contribution in [1.29, 1.82) is 0 Å². The molecule has 0 spiro atoms. The highest BCUT2D eigenvalue weighted by atomic mass is 31.2. The average Bonchev–Trinajstić information content (AvgIpc) is 3.19. The van der Waals surface area contributed by atoms with Gasteiger partial charge in [0.15, 0.2) is 6.10 Å². The number of carbonyl (C=O) groups is 3. The topological polar surface area (TPSA) is 172 Å². The van der Waals surface area contributed by atoms with E-state index in [4.69, 9.17) is 24.8 Å². The lowest BCUT2D eigenvalue weighted by Gasteiger charge is -2.20. The van der Waals surface area contributed by atoms with E-state index in [0.29, 0.717) is 12.8 Å². The first-order valence-electron chi connectivity index (χ1n) is 22.2. The zero-order valence-electron chi connectivity index (χ0n) is 35.7. The van der Waals surface area contributed by atoms with Gasteiger partial charge in [0, 0.05) is 12.8 Å². The van der Waals surface area contributed by atoms with E-state index < -0.39 is 51.1 Å². The second-order valence-corrected chi connectivity index (χ2v) is 16.3. The molecule has 0 aliphatic heterocycles. The molecule has 0 radical (unpaired) electrons. The summed E-state index contributed by atoms with van der Waals surface area (Å²) in [6.07, 6.45) is 44.8. The van der Waals surface area contributed by atoms with Crippen molar-refractivity contribution < 1.29 is 47.5 Å². The quantitative estimate of drug-likeness (QED) is 0.0176. The number of phosphoric acid groups is 1. The van der Waals surface area contributed by atoms with E-state index >= 15 is 0 Å². The number of nitrogens with two attached hydrogens (primary N) is 1. The molecule has 0 aliphatic rings. The number of carboxylic acids is 1. The largest absolute Gasteiger partial charge is 0.480 e. The number of carbonyl (C=O) groups excluding carboxylic acids is 2. The molecule has 2 unspecified atom stereocenters. The number of rotatable bonds is 41. The maximum atomic E-state index is 12.6. The number of esters is 2. The second kappa shape index (κ2) is 40.2. The molecule has 0 aliphatic carbocycles. The van der Waals surface area contributed by atoms with Crippen LogP contribution in [0, 0.1) is 0 Å². The van der Waals surface area contributed by atoms with Crippen LogP contribution >= 0.6 is 7.82 Å². The van der Waals surface area contributed by atoms with Gasteiger partial charge in [-0.2, -0.15) is 0 Å². The van der Waals surface area contributed by atoms with Crippen LogP contribution in [0.3, 0.4) is 0 Å². The molecule has 0 bridgehead atoms. The van der Waals surface area contributed by atoms with Crippen LogP contribution < -0.4 is 5.73 Å². The molecule has 0 aromatic rings. The Morgan fingerprint density at radius 3 is 1.56 bits per heavy atom. The third kappa shape index (κ3) is 40.0. The van der Waals surface area contributed by atoms with Crippen molar-refractivity contribution in [3.8, 4) is 0 Å². The van der Waals surface area contributed by atoms with Crippen LogP contribution in [0.5, 0.6) is 0 Å². The third-order valence-electron chi connectivity index (χ3n) is 9.34. The summed E-state index contributed by atoms with van der Waals surface area (Å²) >= 11 is 0. The number of allylic oxidation sites excluding steroid dienone is 8. The fourth-order valence-corrected chi connectivity index (χ4v) is 6.59. The van der Waals surface area contributed by atoms with E-state index in [9.17, 15) is 23.8 Å². The van der Waals surface area contributed by atoms with Gasteiger partial charge in [0.05, 0.1) is 13.2 Å². The first-order chi connectivity index (χ1) is 27.6. The summed E-state index contributed by atoms with van der Waals surface area (Å²) in [5, 5.41) is 8.88. The highest BCUT2D eigenvalue weighted by molar-refractivity contribution is 7.47. The second-order valence-electron chi connectivity index (χ2n) is 14.9. The Kier molecular flexibility index (Phi) is 38.4. The van der Waals surface area contributed by atoms with Gasteiger partial charge in [-0.15, -0.1) is 0 Å². The van der Waals surface area contributed by atoms with Crippen LogP contribution in [-0.4, -0.2) is 59.9 Å². The Labute approximate surface area is 345 Å². The van der Waals surface area contributed by atoms with Crippen LogP contribution in [-0.2, 0) is 37.5 Å². The van der Waals surface area contributed by atoms with Crippen LogP contribution in [0.4, 0.5) is 0 Å². The van der Waals surface area contributed by atoms with Gasteiger partial charge in [-0.1, -0.05) is 165 Å². The number of phosphoric ester groups is 1. The van der Waals surface area contributed by atoms with Gasteiger partial charge in [-0.05, 0) is 57.8 Å². The number of aliphatic carboxylic acids is 1. The van der Waals surface area contributed by atoms with E-state index in [0.717, 1.165) is 38.5 Å². The van der Waals surface area contributed by atoms with E-state index in [-0.39, 0.29) is 19.4 Å². The number of carboxylic acid groups (broad SMARTS) is 1. The summed E-state index contributed by atoms with van der Waals surface area (Å²) < 4.78 is 32.6. The Morgan fingerprint density at radius 2 is 1.02 bits per heavy atom. The number of unbranched alkanes of at least 4 members (excludes halogenated alkanes) is 20. The van der Waals surface area contributed by atoms with E-state index in [2.05, 4.69) is 54.8 Å². The molecule has 4 N–H and O–H groups in total. The maximum Gasteiger partial charge on any atom is 0.472 e. The summed E-state index contributed by atoms with van der Waals surface area (Å²) in [5.74, 6) is -2.47. The number of ether oxygens (including phenoxy) is 2. The molecule has 11 nitrogen and oxygen atoms in total. The minimum atomic E-state index is -4.73. The van der Waals surface area contributed by atoms with E-state index in [1.165, 1.54) is 109 Å². The van der Waals surface area contributed by atoms with Crippen molar-refractivity contribution in [2.45, 2.75) is 199 Å². The van der Waals surface area contributed by atoms with Crippen LogP contribution in [0.1, 0.15) is 187 Å². The smallest absolute Gasteiger partial charge is 0.472 e. The van der Waals surface area contributed by atoms with Crippen molar-refractivity contribution in [3.05, 3.63) is 48.6 Å². The molecule has 330 valence electrons. The summed E-state index contributed by atoms with van der Waals surface area (Å²) in [6, 6.07) is -1.53. The van der Waals surface area contributed by atoms with Gasteiger partial charge in [0.2, 0.25) is 0 Å². The third-order valence-corrected chi connectivity index (χ3v) is 10.3. The summed E-state index contributed by atoms with van der Waals surface area (Å²) in [6.45, 7) is 2.71. The van der Waals surface area contributed by atoms with E-state index in [1.54, 1.807) is 0 Å². The fourth-order valence-electron chi connectivity index (χ4n) is 5.81. The molecule has 12 heteroatoms. The normalized spacial score (nSPS) is 14.2. The predicted octanol–water partition coefficient (Wildman–Crippen LogP) is 11.8. The maximum absolute atomic E-state index is 12.6. The van der Waals surface area contributed by atoms with Gasteiger partial charge >= 0.3 is 25.7 Å². The molecule has 0 amide bonds. The Balaban J connectivity index is 4.36. The van der Waals surface area contributed by atoms with Gasteiger partial charge in [-0.3, -0.25) is 23.4 Å². The first-order valence-corrected chi connectivity index (χ1v) is 23.7. The summed E-state index contributed by atoms with van der Waals surface area (Å²) in [7, 11) is -4.73. The standard InChI is InChI=1S/C45H80NO10P/c1-3-5-7-9-11-13-15-17-18-19-20-21-22-23-25-26-28-30-32-34-36-43(47)53-38-41(39-54-57(51,52)55-40-42(46)45(49)50)56-44(48)37-35-33-31-29-27-24-16-14-12-10-8-6-4-2/h13,15,17-18,24,27,31,33,41-42H,3-12,14,16,19-23,25-26,28-30,32,34-40,46H2,1-2H3,(H,49,50)(H,51,52)/b15-13+,18-17+,27-24+,33-31+/t41?,42-/m1/s1. The SMILES string of the molecule is CCCCCC/C=C/C=C/CCCCCCCCCCCCC(=O)OCC(COP(=O)(O)OC[C@@H](N)C(=O)O)OC(=O)CC/C=C/C/C=C/CCCCCCCC. The Bertz CT molecular complexity index is 1150. The molecule has 0 aromatic heterocycles. The van der Waals surface area contributed by atoms with Crippen molar-refractivity contribution in [3.63, 3.8) is 0 Å². The Hall–Kier alpha value is -2.56. The molecule has 0 saturated heterocycles. The molecular weight excluding hydrogens is 745 g/mol. The Morgan fingerprint density at radius 1 is 0.561 bits per heavy atom. The number of hydrogen-bond donors (Lipinski definition) is 3. The molecule has 3 atom stereocenters. The molecule has 0 heterocycles. The fraction of sp³-hybridized carbons (Fsp3) is 0.756. The van der Waals surface area contributed by atoms with Gasteiger partial charge in [0.1, 0.15) is 12.6 Å². The van der Waals surface area contributed by atoms with E-state index in [1.807, 2.05) is 12.2 Å². The van der Waals surface area contributed by atoms with Crippen molar-refractivity contribution in [2.24, 2.45) is 5.73 Å². The van der Waals surface area contributed by atoms with Crippen molar-refractivity contribution >= 4 is 25.7 Å². The molecule has 0 fully saturated rings. The zero-order valence-corrected chi connectivity index (χ0v) is 36.6. The van der Waals surface area contributed by atoms with Gasteiger partial charge in [-0.25, -0.2) is 4.57 Å². The molecule has 0 saturated carbocycles. The van der Waals surface area contributed by atoms with Crippen LogP contribution in [0.25, 0.3) is 0 Å². The molecule has 57 heavy (non-hydrogen) atoms. The first kappa shape index (κ1) is 54.4. The monoisotopic (exact) mass is 826 g/mol. The highest BCUT2D eigenvalue weighted by Gasteiger charge is 2.28. The van der Waals surface area contributed by atoms with Gasteiger partial charge < -0.3 is 25.2 Å². The van der Waals surface area contributed by atoms with Crippen LogP contribution in [0.15, 0.2) is 48.6 Å². The van der Waals surface area contributed by atoms with Crippen molar-refractivity contribution in [2.75, 3.05) is 19.8 Å². The number of hydrogen-bond acceptors (Lipinski definition) is 9. The lowest BCUT2D eigenvalue weighted by molar-refractivity contribution is -0.161. The zero-order chi connectivity index (χ0) is 42.1. The summed E-state index contributed by atoms with van der Waals surface area (Å²) in [4.78, 5) is 45.9. The van der Waals surface area contributed by atoms with Crippen LogP contribution in [0.2, 0.25) is 0 Å². The lowest BCUT2D eigenvalue weighted by atomic mass is 10.1. The summed E-state index contributed by atoms with van der Waals surface area (Å²) in [5.41, 5.74) is 5.33. The average molecular weight is 826 g/mol. The minimum absolute atomic E-state index is 0.0537. The predicted molar refractivity (Wildman–Crippen MR) is 231 cm³/mol. The molecular formula is C45H80NO10P. The molecule has 0 aromatic carbocycles. The van der Waals surface area contributed by atoms with Gasteiger partial charge in [0.25, 0.3) is 0 Å². The highest BCUT2D eigenvalue weighted by Crippen LogP contribution is 2.43. The van der Waals surface area contributed by atoms with Crippen molar-refractivity contribution in [1.82, 2.24) is 0 Å². The minimum Gasteiger partial charge on any atom is -0.480 e.